The molecule has 1 aromatic rings. The van der Waals surface area contributed by atoms with Gasteiger partial charge in [-0.3, -0.25) is 0 Å². The number of phenolic OH excluding ortho intramolecular Hbond substituents is 1. The number of rotatable bonds is 3. The first-order valence-corrected chi connectivity index (χ1v) is 4.38. The molecule has 0 aliphatic rings. The summed E-state index contributed by atoms with van der Waals surface area (Å²) >= 11 is 0. The van der Waals surface area contributed by atoms with Gasteiger partial charge in [0.05, 0.1) is 6.10 Å². The van der Waals surface area contributed by atoms with Crippen LogP contribution in [0.5, 0.6) is 5.75 Å². The molecule has 1 aromatic carbocycles. The van der Waals surface area contributed by atoms with Gasteiger partial charge in [0.1, 0.15) is 11.6 Å². The minimum Gasteiger partial charge on any atom is -0.508 e. The Kier molecular flexibility index (Phi) is 3.43. The van der Waals surface area contributed by atoms with Gasteiger partial charge in [-0.2, -0.15) is 0 Å². The number of benzene rings is 1. The van der Waals surface area contributed by atoms with Gasteiger partial charge in [0, 0.05) is 12.1 Å². The largest absolute Gasteiger partial charge is 0.508 e. The highest BCUT2D eigenvalue weighted by Crippen LogP contribution is 2.24. The SMILES string of the molecule is CNCC(O)c1cc(O)c(C)c(F)c1. The second-order valence-electron chi connectivity index (χ2n) is 3.22. The predicted molar refractivity (Wildman–Crippen MR) is 51.7 cm³/mol. The molecule has 0 radical (unpaired) electrons. The summed E-state index contributed by atoms with van der Waals surface area (Å²) in [6.07, 6.45) is -0.805. The first-order chi connectivity index (χ1) is 6.56. The molecule has 0 aliphatic heterocycles. The van der Waals surface area contributed by atoms with Crippen LogP contribution in [0.2, 0.25) is 0 Å². The van der Waals surface area contributed by atoms with E-state index >= 15 is 0 Å². The molecule has 4 heteroatoms. The summed E-state index contributed by atoms with van der Waals surface area (Å²) in [5.41, 5.74) is 0.574. The molecule has 1 atom stereocenters. The summed E-state index contributed by atoms with van der Waals surface area (Å²) < 4.78 is 13.1. The highest BCUT2D eigenvalue weighted by molar-refractivity contribution is 5.37. The van der Waals surface area contributed by atoms with Crippen LogP contribution in [0.1, 0.15) is 17.2 Å². The average molecular weight is 199 g/mol. The van der Waals surface area contributed by atoms with Crippen molar-refractivity contribution in [3.05, 3.63) is 29.1 Å². The van der Waals surface area contributed by atoms with Gasteiger partial charge in [-0.25, -0.2) is 4.39 Å². The second-order valence-corrected chi connectivity index (χ2v) is 3.22. The van der Waals surface area contributed by atoms with Crippen LogP contribution < -0.4 is 5.32 Å². The number of hydrogen-bond donors (Lipinski definition) is 3. The van der Waals surface area contributed by atoms with Crippen LogP contribution in [-0.4, -0.2) is 23.8 Å². The van der Waals surface area contributed by atoms with Crippen molar-refractivity contribution in [1.29, 1.82) is 0 Å². The number of halogens is 1. The van der Waals surface area contributed by atoms with Gasteiger partial charge in [0.15, 0.2) is 0 Å². The molecule has 0 saturated heterocycles. The molecule has 0 amide bonds. The minimum absolute atomic E-state index is 0.129. The zero-order chi connectivity index (χ0) is 10.7. The molecule has 0 aromatic heterocycles. The summed E-state index contributed by atoms with van der Waals surface area (Å²) in [6.45, 7) is 1.81. The topological polar surface area (TPSA) is 52.5 Å². The van der Waals surface area contributed by atoms with Crippen LogP contribution in [0.25, 0.3) is 0 Å². The van der Waals surface area contributed by atoms with Crippen molar-refractivity contribution in [2.24, 2.45) is 0 Å². The number of aliphatic hydroxyl groups is 1. The van der Waals surface area contributed by atoms with E-state index in [1.54, 1.807) is 7.05 Å². The Morgan fingerprint density at radius 3 is 2.64 bits per heavy atom. The van der Waals surface area contributed by atoms with Crippen molar-refractivity contribution in [3.63, 3.8) is 0 Å². The van der Waals surface area contributed by atoms with Gasteiger partial charge >= 0.3 is 0 Å². The van der Waals surface area contributed by atoms with E-state index < -0.39 is 11.9 Å². The van der Waals surface area contributed by atoms with Crippen molar-refractivity contribution in [2.75, 3.05) is 13.6 Å². The highest BCUT2D eigenvalue weighted by atomic mass is 19.1. The Bertz CT molecular complexity index is 305. The third-order valence-electron chi connectivity index (χ3n) is 2.12. The van der Waals surface area contributed by atoms with E-state index in [9.17, 15) is 14.6 Å². The van der Waals surface area contributed by atoms with Crippen LogP contribution in [0.15, 0.2) is 12.1 Å². The summed E-state index contributed by atoms with van der Waals surface area (Å²) in [5, 5.41) is 21.6. The van der Waals surface area contributed by atoms with Crippen LogP contribution in [0.4, 0.5) is 4.39 Å². The Labute approximate surface area is 82.2 Å². The van der Waals surface area contributed by atoms with Crippen molar-refractivity contribution in [2.45, 2.75) is 13.0 Å². The molecule has 0 heterocycles. The van der Waals surface area contributed by atoms with E-state index in [0.717, 1.165) is 0 Å². The lowest BCUT2D eigenvalue weighted by Crippen LogP contribution is -2.16. The van der Waals surface area contributed by atoms with E-state index in [1.807, 2.05) is 0 Å². The number of likely N-dealkylation sites (N-methyl/N-ethyl adjacent to an activating group) is 1. The summed E-state index contributed by atoms with van der Waals surface area (Å²) in [7, 11) is 1.69. The van der Waals surface area contributed by atoms with Gasteiger partial charge in [0.25, 0.3) is 0 Å². The number of phenols is 1. The van der Waals surface area contributed by atoms with Crippen molar-refractivity contribution < 1.29 is 14.6 Å². The minimum atomic E-state index is -0.805. The lowest BCUT2D eigenvalue weighted by atomic mass is 10.1. The highest BCUT2D eigenvalue weighted by Gasteiger charge is 2.11. The maximum Gasteiger partial charge on any atom is 0.130 e. The molecular weight excluding hydrogens is 185 g/mol. The van der Waals surface area contributed by atoms with E-state index in [-0.39, 0.29) is 11.3 Å². The van der Waals surface area contributed by atoms with Gasteiger partial charge in [-0.15, -0.1) is 0 Å². The molecule has 0 spiro atoms. The zero-order valence-electron chi connectivity index (χ0n) is 8.21. The van der Waals surface area contributed by atoms with Gasteiger partial charge < -0.3 is 15.5 Å². The zero-order valence-corrected chi connectivity index (χ0v) is 8.21. The fourth-order valence-corrected chi connectivity index (χ4v) is 1.19. The van der Waals surface area contributed by atoms with E-state index in [2.05, 4.69) is 5.32 Å². The summed E-state index contributed by atoms with van der Waals surface area (Å²) in [6, 6.07) is 2.61. The summed E-state index contributed by atoms with van der Waals surface area (Å²) in [5.74, 6) is -0.634. The van der Waals surface area contributed by atoms with E-state index in [4.69, 9.17) is 0 Å². The molecule has 3 N–H and O–H groups in total. The smallest absolute Gasteiger partial charge is 0.130 e. The molecule has 0 saturated carbocycles. The van der Waals surface area contributed by atoms with Crippen molar-refractivity contribution >= 4 is 0 Å². The van der Waals surface area contributed by atoms with E-state index in [1.165, 1.54) is 19.1 Å². The lowest BCUT2D eigenvalue weighted by Gasteiger charge is -2.12. The standard InChI is InChI=1S/C10H14FNO2/c1-6-8(11)3-7(4-9(6)13)10(14)5-12-2/h3-4,10,12-14H,5H2,1-2H3. The molecule has 78 valence electrons. The molecule has 1 unspecified atom stereocenters. The Morgan fingerprint density at radius 2 is 2.14 bits per heavy atom. The maximum absolute atomic E-state index is 13.1. The Hall–Kier alpha value is -1.13. The second kappa shape index (κ2) is 4.39. The normalized spacial score (nSPS) is 12.9. The maximum atomic E-state index is 13.1. The quantitative estimate of drug-likeness (QED) is 0.683. The van der Waals surface area contributed by atoms with E-state index in [0.29, 0.717) is 12.1 Å². The van der Waals surface area contributed by atoms with Crippen LogP contribution in [-0.2, 0) is 0 Å². The van der Waals surface area contributed by atoms with Gasteiger partial charge in [-0.05, 0) is 31.7 Å². The van der Waals surface area contributed by atoms with Crippen molar-refractivity contribution in [1.82, 2.24) is 5.32 Å². The van der Waals surface area contributed by atoms with Crippen LogP contribution in [0, 0.1) is 12.7 Å². The van der Waals surface area contributed by atoms with Gasteiger partial charge in [-0.1, -0.05) is 0 Å². The lowest BCUT2D eigenvalue weighted by molar-refractivity contribution is 0.177. The molecule has 0 aliphatic carbocycles. The van der Waals surface area contributed by atoms with Gasteiger partial charge in [0.2, 0.25) is 0 Å². The molecule has 3 nitrogen and oxygen atoms in total. The molecule has 14 heavy (non-hydrogen) atoms. The number of aromatic hydroxyl groups is 1. The molecule has 1 rings (SSSR count). The third-order valence-corrected chi connectivity index (χ3v) is 2.12. The number of aliphatic hydroxyl groups excluding tert-OH is 1. The molecule has 0 bridgehead atoms. The fraction of sp³-hybridized carbons (Fsp3) is 0.400. The first kappa shape index (κ1) is 10.9. The fourth-order valence-electron chi connectivity index (χ4n) is 1.19. The number of hydrogen-bond acceptors (Lipinski definition) is 3. The Balaban J connectivity index is 3.00. The average Bonchev–Trinajstić information content (AvgIpc) is 2.13. The molecular formula is C10H14FNO2. The van der Waals surface area contributed by atoms with Crippen molar-refractivity contribution in [3.8, 4) is 5.75 Å². The Morgan fingerprint density at radius 1 is 1.50 bits per heavy atom. The summed E-state index contributed by atoms with van der Waals surface area (Å²) in [4.78, 5) is 0. The van der Waals surface area contributed by atoms with Crippen LogP contribution >= 0.6 is 0 Å². The predicted octanol–water partition coefficient (Wildman–Crippen LogP) is 1.09. The molecule has 0 fully saturated rings. The number of nitrogens with one attached hydrogen (secondary N) is 1. The first-order valence-electron chi connectivity index (χ1n) is 4.38. The monoisotopic (exact) mass is 199 g/mol. The third kappa shape index (κ3) is 2.21. The van der Waals surface area contributed by atoms with Crippen LogP contribution in [0.3, 0.4) is 0 Å².